The number of nitrogens with zero attached hydrogens (tertiary/aromatic N) is 1. The molecule has 1 amide bonds. The van der Waals surface area contributed by atoms with Crippen LogP contribution in [0, 0.1) is 0 Å². The van der Waals surface area contributed by atoms with Crippen molar-refractivity contribution in [2.45, 2.75) is 0 Å². The molecular weight excluding hydrogens is 192 g/mol. The molecule has 15 heavy (non-hydrogen) atoms. The third kappa shape index (κ3) is 3.56. The Kier molecular flexibility index (Phi) is 3.97. The molecule has 75 valence electrons. The second kappa shape index (κ2) is 5.49. The number of nitrogens with one attached hydrogen (secondary N) is 1. The molecule has 0 aromatic carbocycles. The Bertz CT molecular complexity index is 396. The lowest BCUT2D eigenvalue weighted by Crippen LogP contribution is -2.20. The molecule has 0 saturated carbocycles. The first-order valence-corrected chi connectivity index (χ1v) is 4.20. The molecule has 4 heteroatoms. The van der Waals surface area contributed by atoms with E-state index >= 15 is 0 Å². The summed E-state index contributed by atoms with van der Waals surface area (Å²) in [5.74, 6) is -0.458. The molecule has 1 heterocycles. The average molecular weight is 201 g/mol. The van der Waals surface area contributed by atoms with E-state index in [1.54, 1.807) is 30.7 Å². The second-order valence-corrected chi connectivity index (χ2v) is 2.61. The zero-order valence-electron chi connectivity index (χ0n) is 7.93. The van der Waals surface area contributed by atoms with Gasteiger partial charge in [0.15, 0.2) is 0 Å². The van der Waals surface area contributed by atoms with Crippen LogP contribution in [-0.4, -0.2) is 17.2 Å². The van der Waals surface area contributed by atoms with Crippen LogP contribution in [0.4, 0.5) is 0 Å². The van der Waals surface area contributed by atoms with Crippen molar-refractivity contribution in [3.05, 3.63) is 48.4 Å². The van der Waals surface area contributed by atoms with Gasteiger partial charge in [0.25, 0.3) is 6.29 Å². The van der Waals surface area contributed by atoms with Gasteiger partial charge in [-0.25, -0.2) is 0 Å². The Morgan fingerprint density at radius 1 is 1.53 bits per heavy atom. The summed E-state index contributed by atoms with van der Waals surface area (Å²) in [7, 11) is 0. The molecule has 1 aromatic rings. The van der Waals surface area contributed by atoms with Crippen molar-refractivity contribution in [1.29, 1.82) is 0 Å². The Hall–Kier alpha value is -2.23. The third-order valence-corrected chi connectivity index (χ3v) is 1.53. The summed E-state index contributed by atoms with van der Waals surface area (Å²) in [5, 5.41) is 2.31. The van der Waals surface area contributed by atoms with Gasteiger partial charge < -0.3 is 5.32 Å². The normalized spacial score (nSPS) is 10.5. The molecule has 4 nitrogen and oxygen atoms in total. The largest absolute Gasteiger partial charge is 0.319 e. The topological polar surface area (TPSA) is 59.1 Å². The molecule has 1 aromatic heterocycles. The first kappa shape index (κ1) is 10.8. The summed E-state index contributed by atoms with van der Waals surface area (Å²) in [5.41, 5.74) is 0.596. The van der Waals surface area contributed by atoms with Gasteiger partial charge in [-0.05, 0) is 24.3 Å². The van der Waals surface area contributed by atoms with E-state index in [-0.39, 0.29) is 5.70 Å². The molecule has 0 aliphatic carbocycles. The Morgan fingerprint density at radius 3 is 2.87 bits per heavy atom. The van der Waals surface area contributed by atoms with Crippen molar-refractivity contribution in [1.82, 2.24) is 10.3 Å². The monoisotopic (exact) mass is 201 g/mol. The third-order valence-electron chi connectivity index (χ3n) is 1.53. The molecule has 1 radical (unpaired) electrons. The fourth-order valence-corrected chi connectivity index (χ4v) is 0.884. The minimum absolute atomic E-state index is 0.0265. The van der Waals surface area contributed by atoms with Gasteiger partial charge in [0, 0.05) is 6.20 Å². The maximum atomic E-state index is 10.9. The predicted octanol–water partition coefficient (Wildman–Crippen LogP) is 0.834. The van der Waals surface area contributed by atoms with Gasteiger partial charge in [-0.3, -0.25) is 14.6 Å². The SMILES string of the molecule is C=CC(=O)NC([C]=O)=Cc1ccccn1. The molecule has 0 fully saturated rings. The summed E-state index contributed by atoms with van der Waals surface area (Å²) in [6, 6.07) is 5.23. The lowest BCUT2D eigenvalue weighted by molar-refractivity contribution is -0.115. The average Bonchev–Trinajstić information content (AvgIpc) is 2.29. The molecule has 0 saturated heterocycles. The van der Waals surface area contributed by atoms with Crippen LogP contribution in [0.1, 0.15) is 5.69 Å². The molecule has 1 rings (SSSR count). The maximum absolute atomic E-state index is 10.9. The number of pyridine rings is 1. The quantitative estimate of drug-likeness (QED) is 0.734. The van der Waals surface area contributed by atoms with E-state index in [1.807, 2.05) is 0 Å². The maximum Gasteiger partial charge on any atom is 0.251 e. The van der Waals surface area contributed by atoms with E-state index in [0.29, 0.717) is 5.69 Å². The van der Waals surface area contributed by atoms with Gasteiger partial charge in [0.05, 0.1) is 11.4 Å². The highest BCUT2D eigenvalue weighted by Gasteiger charge is 2.00. The van der Waals surface area contributed by atoms with E-state index < -0.39 is 5.91 Å². The summed E-state index contributed by atoms with van der Waals surface area (Å²) >= 11 is 0. The number of hydrogen-bond acceptors (Lipinski definition) is 3. The first-order chi connectivity index (χ1) is 7.26. The lowest BCUT2D eigenvalue weighted by atomic mass is 10.3. The van der Waals surface area contributed by atoms with Gasteiger partial charge in [-0.2, -0.15) is 0 Å². The number of aromatic nitrogens is 1. The van der Waals surface area contributed by atoms with Crippen LogP contribution in [0.3, 0.4) is 0 Å². The van der Waals surface area contributed by atoms with Crippen LogP contribution < -0.4 is 5.32 Å². The number of rotatable bonds is 4. The number of carbonyl (C=O) groups is 1. The van der Waals surface area contributed by atoms with Crippen LogP contribution in [0.15, 0.2) is 42.7 Å². The molecule has 0 atom stereocenters. The van der Waals surface area contributed by atoms with Crippen molar-refractivity contribution in [2.75, 3.05) is 0 Å². The summed E-state index contributed by atoms with van der Waals surface area (Å²) in [4.78, 5) is 25.4. The van der Waals surface area contributed by atoms with Crippen LogP contribution >= 0.6 is 0 Å². The molecular formula is C11H9N2O2. The van der Waals surface area contributed by atoms with Gasteiger partial charge in [0.2, 0.25) is 5.91 Å². The minimum atomic E-state index is -0.458. The number of carbonyl (C=O) groups excluding carboxylic acids is 2. The number of allylic oxidation sites excluding steroid dienone is 1. The standard InChI is InChI=1S/C11H9N2O2/c1-2-11(15)13-10(8-14)7-9-5-3-4-6-12-9/h2-7H,1H2,(H,13,15). The predicted molar refractivity (Wildman–Crippen MR) is 56.2 cm³/mol. The zero-order valence-corrected chi connectivity index (χ0v) is 7.93. The fourth-order valence-electron chi connectivity index (χ4n) is 0.884. The van der Waals surface area contributed by atoms with E-state index in [9.17, 15) is 9.59 Å². The van der Waals surface area contributed by atoms with Gasteiger partial charge >= 0.3 is 0 Å². The lowest BCUT2D eigenvalue weighted by Gasteiger charge is -1.98. The summed E-state index contributed by atoms with van der Waals surface area (Å²) in [6.45, 7) is 3.27. The second-order valence-electron chi connectivity index (χ2n) is 2.61. The molecule has 0 unspecified atom stereocenters. The molecule has 0 aliphatic heterocycles. The van der Waals surface area contributed by atoms with Crippen LogP contribution in [-0.2, 0) is 9.59 Å². The minimum Gasteiger partial charge on any atom is -0.319 e. The van der Waals surface area contributed by atoms with Crippen molar-refractivity contribution in [3.8, 4) is 0 Å². The van der Waals surface area contributed by atoms with E-state index in [0.717, 1.165) is 6.08 Å². The Labute approximate surface area is 87.3 Å². The summed E-state index contributed by atoms with van der Waals surface area (Å²) in [6.07, 6.45) is 5.69. The highest BCUT2D eigenvalue weighted by molar-refractivity contribution is 5.95. The van der Waals surface area contributed by atoms with Crippen molar-refractivity contribution < 1.29 is 9.59 Å². The first-order valence-electron chi connectivity index (χ1n) is 4.20. The highest BCUT2D eigenvalue weighted by Crippen LogP contribution is 1.99. The van der Waals surface area contributed by atoms with E-state index in [2.05, 4.69) is 16.9 Å². The number of amides is 1. The Balaban J connectivity index is 2.83. The van der Waals surface area contributed by atoms with Crippen LogP contribution in [0.2, 0.25) is 0 Å². The van der Waals surface area contributed by atoms with Gasteiger partial charge in [-0.15, -0.1) is 0 Å². The number of hydrogen-bond donors (Lipinski definition) is 1. The highest BCUT2D eigenvalue weighted by atomic mass is 16.2. The van der Waals surface area contributed by atoms with Crippen molar-refractivity contribution in [2.24, 2.45) is 0 Å². The van der Waals surface area contributed by atoms with E-state index in [1.165, 1.54) is 6.08 Å². The van der Waals surface area contributed by atoms with Crippen molar-refractivity contribution in [3.63, 3.8) is 0 Å². The fraction of sp³-hybridized carbons (Fsp3) is 0. The van der Waals surface area contributed by atoms with Crippen LogP contribution in [0.25, 0.3) is 6.08 Å². The van der Waals surface area contributed by atoms with Crippen molar-refractivity contribution >= 4 is 18.3 Å². The molecule has 0 aliphatic rings. The Morgan fingerprint density at radius 2 is 2.33 bits per heavy atom. The van der Waals surface area contributed by atoms with E-state index in [4.69, 9.17) is 0 Å². The van der Waals surface area contributed by atoms with Crippen LogP contribution in [0.5, 0.6) is 0 Å². The molecule has 1 N–H and O–H groups in total. The van der Waals surface area contributed by atoms with Gasteiger partial charge in [0.1, 0.15) is 0 Å². The smallest absolute Gasteiger partial charge is 0.251 e. The summed E-state index contributed by atoms with van der Waals surface area (Å²) < 4.78 is 0. The molecule has 0 bridgehead atoms. The van der Waals surface area contributed by atoms with Gasteiger partial charge in [-0.1, -0.05) is 12.6 Å². The molecule has 0 spiro atoms. The zero-order chi connectivity index (χ0) is 11.1.